The van der Waals surface area contributed by atoms with Crippen molar-refractivity contribution in [2.45, 2.75) is 41.8 Å². The van der Waals surface area contributed by atoms with Crippen molar-refractivity contribution in [1.29, 1.82) is 0 Å². The second-order valence-corrected chi connectivity index (χ2v) is 8.62. The molecule has 1 unspecified atom stereocenters. The van der Waals surface area contributed by atoms with Crippen LogP contribution in [0.5, 0.6) is 0 Å². The predicted molar refractivity (Wildman–Crippen MR) is 79.2 cm³/mol. The molecule has 104 valence electrons. The summed E-state index contributed by atoms with van der Waals surface area (Å²) in [6, 6.07) is 5.65. The van der Waals surface area contributed by atoms with Gasteiger partial charge in [0.2, 0.25) is 10.0 Å². The quantitative estimate of drug-likeness (QED) is 0.774. The summed E-state index contributed by atoms with van der Waals surface area (Å²) in [5, 5.41) is 0. The zero-order valence-electron chi connectivity index (χ0n) is 10.8. The maximum absolute atomic E-state index is 12.6. The molecule has 0 aromatic heterocycles. The van der Waals surface area contributed by atoms with Crippen LogP contribution in [0.25, 0.3) is 0 Å². The maximum atomic E-state index is 12.6. The number of fused-ring (bicyclic) bond motifs is 1. The number of hydrogen-bond donors (Lipinski definition) is 0. The Morgan fingerprint density at radius 1 is 1.16 bits per heavy atom. The molecule has 0 bridgehead atoms. The van der Waals surface area contributed by atoms with Crippen LogP contribution in [0.15, 0.2) is 23.1 Å². The Balaban J connectivity index is 1.91. The summed E-state index contributed by atoms with van der Waals surface area (Å²) in [5.41, 5.74) is 2.53. The first kappa shape index (κ1) is 13.6. The highest BCUT2D eigenvalue weighted by atomic mass is 79.9. The van der Waals surface area contributed by atoms with Crippen LogP contribution < -0.4 is 0 Å². The summed E-state index contributed by atoms with van der Waals surface area (Å²) in [4.78, 5) is 0.750. The lowest BCUT2D eigenvalue weighted by molar-refractivity contribution is 0.356. The number of halogens is 1. The van der Waals surface area contributed by atoms with Crippen LogP contribution in [-0.4, -0.2) is 30.6 Å². The zero-order valence-corrected chi connectivity index (χ0v) is 13.2. The average Bonchev–Trinajstić information content (AvgIpc) is 2.85. The van der Waals surface area contributed by atoms with E-state index in [1.54, 1.807) is 10.4 Å². The third-order valence-corrected chi connectivity index (χ3v) is 6.64. The molecule has 0 N–H and O–H groups in total. The molecule has 1 aliphatic carbocycles. The van der Waals surface area contributed by atoms with Crippen molar-refractivity contribution in [3.05, 3.63) is 29.3 Å². The van der Waals surface area contributed by atoms with Crippen LogP contribution in [0, 0.1) is 0 Å². The second kappa shape index (κ2) is 5.19. The number of aryl methyl sites for hydroxylation is 2. The Bertz CT molecular complexity index is 585. The Morgan fingerprint density at radius 2 is 1.95 bits per heavy atom. The van der Waals surface area contributed by atoms with E-state index in [9.17, 15) is 8.42 Å². The molecule has 1 saturated heterocycles. The highest BCUT2D eigenvalue weighted by molar-refractivity contribution is 9.09. The molecule has 5 heteroatoms. The van der Waals surface area contributed by atoms with Crippen LogP contribution in [0.4, 0.5) is 0 Å². The van der Waals surface area contributed by atoms with Crippen molar-refractivity contribution >= 4 is 26.0 Å². The molecule has 1 fully saturated rings. The van der Waals surface area contributed by atoms with E-state index >= 15 is 0 Å². The maximum Gasteiger partial charge on any atom is 0.243 e. The monoisotopic (exact) mass is 343 g/mol. The van der Waals surface area contributed by atoms with Gasteiger partial charge in [0.05, 0.1) is 4.90 Å². The van der Waals surface area contributed by atoms with Crippen molar-refractivity contribution in [3.8, 4) is 0 Å². The number of rotatable bonds is 2. The number of nitrogens with zero attached hydrogens (tertiary/aromatic N) is 1. The van der Waals surface area contributed by atoms with Gasteiger partial charge in [0.25, 0.3) is 0 Å². The molecule has 1 atom stereocenters. The third-order valence-electron chi connectivity index (χ3n) is 4.03. The Labute approximate surface area is 123 Å². The Kier molecular flexibility index (Phi) is 3.71. The van der Waals surface area contributed by atoms with E-state index in [-0.39, 0.29) is 4.83 Å². The minimum atomic E-state index is -3.31. The average molecular weight is 344 g/mol. The van der Waals surface area contributed by atoms with Crippen molar-refractivity contribution in [3.63, 3.8) is 0 Å². The first-order chi connectivity index (χ1) is 9.07. The van der Waals surface area contributed by atoms with E-state index in [2.05, 4.69) is 15.9 Å². The standard InChI is InChI=1S/C14H18BrNO2S/c15-13-5-2-8-16(10-13)19(17,18)14-7-6-11-3-1-4-12(11)9-14/h6-7,9,13H,1-5,8,10H2. The summed E-state index contributed by atoms with van der Waals surface area (Å²) < 4.78 is 26.9. The van der Waals surface area contributed by atoms with E-state index in [1.807, 2.05) is 12.1 Å². The highest BCUT2D eigenvalue weighted by Gasteiger charge is 2.29. The molecular weight excluding hydrogens is 326 g/mol. The minimum Gasteiger partial charge on any atom is -0.207 e. The Morgan fingerprint density at radius 3 is 2.74 bits per heavy atom. The van der Waals surface area contributed by atoms with Gasteiger partial charge >= 0.3 is 0 Å². The summed E-state index contributed by atoms with van der Waals surface area (Å²) in [7, 11) is -3.31. The van der Waals surface area contributed by atoms with Gasteiger partial charge in [-0.25, -0.2) is 8.42 Å². The number of piperidine rings is 1. The van der Waals surface area contributed by atoms with Gasteiger partial charge in [-0.15, -0.1) is 0 Å². The van der Waals surface area contributed by atoms with Crippen LogP contribution in [0.3, 0.4) is 0 Å². The number of alkyl halides is 1. The second-order valence-electron chi connectivity index (χ2n) is 5.39. The van der Waals surface area contributed by atoms with Crippen LogP contribution in [0.2, 0.25) is 0 Å². The highest BCUT2D eigenvalue weighted by Crippen LogP contribution is 2.28. The molecule has 1 aromatic carbocycles. The lowest BCUT2D eigenvalue weighted by Crippen LogP contribution is -2.40. The zero-order chi connectivity index (χ0) is 13.5. The largest absolute Gasteiger partial charge is 0.243 e. The van der Waals surface area contributed by atoms with Gasteiger partial charge in [0, 0.05) is 17.9 Å². The molecule has 1 heterocycles. The molecule has 19 heavy (non-hydrogen) atoms. The lowest BCUT2D eigenvalue weighted by atomic mass is 10.1. The van der Waals surface area contributed by atoms with Crippen molar-refractivity contribution < 1.29 is 8.42 Å². The van der Waals surface area contributed by atoms with Crippen LogP contribution in [0.1, 0.15) is 30.4 Å². The molecule has 3 nitrogen and oxygen atoms in total. The topological polar surface area (TPSA) is 37.4 Å². The molecule has 2 aliphatic rings. The van der Waals surface area contributed by atoms with Gasteiger partial charge in [-0.3, -0.25) is 0 Å². The first-order valence-electron chi connectivity index (χ1n) is 6.83. The summed E-state index contributed by atoms with van der Waals surface area (Å²) in [5.74, 6) is 0. The SMILES string of the molecule is O=S(=O)(c1ccc2c(c1)CCC2)N1CCCC(Br)C1. The number of hydrogen-bond acceptors (Lipinski definition) is 2. The predicted octanol–water partition coefficient (Wildman–Crippen LogP) is 2.72. The van der Waals surface area contributed by atoms with Crippen molar-refractivity contribution in [2.75, 3.05) is 13.1 Å². The van der Waals surface area contributed by atoms with Gasteiger partial charge in [0.1, 0.15) is 0 Å². The molecule has 0 spiro atoms. The summed E-state index contributed by atoms with van der Waals surface area (Å²) in [6.45, 7) is 1.22. The van der Waals surface area contributed by atoms with E-state index in [0.29, 0.717) is 18.0 Å². The van der Waals surface area contributed by atoms with Gasteiger partial charge in [-0.05, 0) is 55.4 Å². The lowest BCUT2D eigenvalue weighted by Gasteiger charge is -2.29. The van der Waals surface area contributed by atoms with E-state index < -0.39 is 10.0 Å². The molecule has 0 saturated carbocycles. The molecule has 0 amide bonds. The van der Waals surface area contributed by atoms with Crippen LogP contribution in [-0.2, 0) is 22.9 Å². The van der Waals surface area contributed by atoms with Gasteiger partial charge in [-0.1, -0.05) is 22.0 Å². The van der Waals surface area contributed by atoms with Gasteiger partial charge < -0.3 is 0 Å². The van der Waals surface area contributed by atoms with E-state index in [1.165, 1.54) is 11.1 Å². The van der Waals surface area contributed by atoms with Crippen molar-refractivity contribution in [1.82, 2.24) is 4.31 Å². The van der Waals surface area contributed by atoms with Crippen molar-refractivity contribution in [2.24, 2.45) is 0 Å². The van der Waals surface area contributed by atoms with E-state index in [0.717, 1.165) is 32.1 Å². The molecule has 1 aliphatic heterocycles. The van der Waals surface area contributed by atoms with E-state index in [4.69, 9.17) is 0 Å². The Hall–Kier alpha value is -0.390. The molecular formula is C14H18BrNO2S. The fraction of sp³-hybridized carbons (Fsp3) is 0.571. The summed E-state index contributed by atoms with van der Waals surface area (Å²) >= 11 is 3.54. The minimum absolute atomic E-state index is 0.283. The third kappa shape index (κ3) is 2.60. The van der Waals surface area contributed by atoms with Crippen LogP contribution >= 0.6 is 15.9 Å². The molecule has 1 aromatic rings. The van der Waals surface area contributed by atoms with Gasteiger partial charge in [0.15, 0.2) is 0 Å². The number of benzene rings is 1. The molecule has 0 radical (unpaired) electrons. The smallest absolute Gasteiger partial charge is 0.207 e. The fourth-order valence-corrected chi connectivity index (χ4v) is 5.41. The first-order valence-corrected chi connectivity index (χ1v) is 9.19. The summed E-state index contributed by atoms with van der Waals surface area (Å²) in [6.07, 6.45) is 5.23. The normalized spacial score (nSPS) is 24.4. The fourth-order valence-electron chi connectivity index (χ4n) is 2.97. The molecule has 3 rings (SSSR count). The number of sulfonamides is 1. The van der Waals surface area contributed by atoms with Gasteiger partial charge in [-0.2, -0.15) is 4.31 Å².